The van der Waals surface area contributed by atoms with Crippen molar-refractivity contribution in [3.05, 3.63) is 54.0 Å². The normalized spacial score (nSPS) is 16.1. The van der Waals surface area contributed by atoms with Gasteiger partial charge < -0.3 is 10.1 Å². The van der Waals surface area contributed by atoms with Crippen molar-refractivity contribution < 1.29 is 9.53 Å². The summed E-state index contributed by atoms with van der Waals surface area (Å²) in [6.07, 6.45) is 4.62. The average molecular weight is 363 g/mol. The molecule has 1 N–H and O–H groups in total. The maximum Gasteiger partial charge on any atom is 0.250 e. The first-order chi connectivity index (χ1) is 13.2. The summed E-state index contributed by atoms with van der Waals surface area (Å²) in [5, 5.41) is 7.90. The Kier molecular flexibility index (Phi) is 4.58. The number of anilines is 2. The van der Waals surface area contributed by atoms with E-state index in [0.717, 1.165) is 23.6 Å². The Morgan fingerprint density at radius 2 is 1.93 bits per heavy atom. The largest absolute Gasteiger partial charge is 0.494 e. The third-order valence-corrected chi connectivity index (χ3v) is 4.51. The van der Waals surface area contributed by atoms with Gasteiger partial charge in [0.15, 0.2) is 11.6 Å². The Bertz CT molecular complexity index is 951. The van der Waals surface area contributed by atoms with Gasteiger partial charge in [-0.05, 0) is 49.6 Å². The van der Waals surface area contributed by atoms with Crippen molar-refractivity contribution in [2.45, 2.75) is 26.7 Å². The van der Waals surface area contributed by atoms with Gasteiger partial charge in [0.2, 0.25) is 0 Å². The first-order valence-corrected chi connectivity index (χ1v) is 9.08. The summed E-state index contributed by atoms with van der Waals surface area (Å²) in [6.45, 7) is 4.64. The van der Waals surface area contributed by atoms with Crippen LogP contribution in [0.5, 0.6) is 5.75 Å². The summed E-state index contributed by atoms with van der Waals surface area (Å²) < 4.78 is 7.15. The van der Waals surface area contributed by atoms with E-state index in [-0.39, 0.29) is 11.7 Å². The molecule has 27 heavy (non-hydrogen) atoms. The topological polar surface area (TPSA) is 81.9 Å². The minimum absolute atomic E-state index is 0.0966. The third kappa shape index (κ3) is 3.40. The maximum absolute atomic E-state index is 12.7. The first-order valence-electron chi connectivity index (χ1n) is 9.08. The molecule has 2 heterocycles. The highest BCUT2D eigenvalue weighted by molar-refractivity contribution is 6.03. The minimum atomic E-state index is 0.0966. The zero-order chi connectivity index (χ0) is 18.8. The lowest BCUT2D eigenvalue weighted by Crippen LogP contribution is -2.20. The second-order valence-electron chi connectivity index (χ2n) is 6.65. The molecule has 7 nitrogen and oxygen atoms in total. The van der Waals surface area contributed by atoms with Crippen LogP contribution in [0, 0.1) is 5.92 Å². The Balaban J connectivity index is 1.73. The molecule has 0 aliphatic heterocycles. The van der Waals surface area contributed by atoms with Crippen LogP contribution in [-0.2, 0) is 6.42 Å². The van der Waals surface area contributed by atoms with Crippen LogP contribution in [0.3, 0.4) is 0 Å². The molecular formula is C20H21N5O2. The van der Waals surface area contributed by atoms with Crippen molar-refractivity contribution >= 4 is 17.3 Å². The summed E-state index contributed by atoms with van der Waals surface area (Å²) in [7, 11) is 0. The molecule has 138 valence electrons. The number of hydrogen-bond donors (Lipinski definition) is 1. The molecule has 7 heteroatoms. The number of ether oxygens (including phenoxy) is 1. The summed E-state index contributed by atoms with van der Waals surface area (Å²) in [5.41, 5.74) is 2.33. The van der Waals surface area contributed by atoms with Crippen LogP contribution in [0.2, 0.25) is 0 Å². The molecule has 0 spiro atoms. The van der Waals surface area contributed by atoms with Gasteiger partial charge in [-0.25, -0.2) is 14.6 Å². The number of hydrogen-bond acceptors (Lipinski definition) is 6. The van der Waals surface area contributed by atoms with Crippen molar-refractivity contribution in [3.8, 4) is 11.7 Å². The number of carbonyl (C=O) groups is 1. The Hall–Kier alpha value is -3.22. The Morgan fingerprint density at radius 3 is 2.63 bits per heavy atom. The third-order valence-electron chi connectivity index (χ3n) is 4.51. The molecule has 0 saturated heterocycles. The number of ketones is 1. The van der Waals surface area contributed by atoms with E-state index >= 15 is 0 Å². The van der Waals surface area contributed by atoms with Crippen molar-refractivity contribution in [1.82, 2.24) is 19.7 Å². The van der Waals surface area contributed by atoms with E-state index in [4.69, 9.17) is 4.74 Å². The van der Waals surface area contributed by atoms with Crippen molar-refractivity contribution in [3.63, 3.8) is 0 Å². The molecule has 1 unspecified atom stereocenters. The molecule has 0 fully saturated rings. The summed E-state index contributed by atoms with van der Waals surface area (Å²) in [6, 6.07) is 9.35. The maximum atomic E-state index is 12.7. The molecular weight excluding hydrogens is 342 g/mol. The van der Waals surface area contributed by atoms with E-state index in [1.807, 2.05) is 31.2 Å². The highest BCUT2D eigenvalue weighted by Crippen LogP contribution is 2.33. The van der Waals surface area contributed by atoms with Crippen molar-refractivity contribution in [2.75, 3.05) is 11.9 Å². The van der Waals surface area contributed by atoms with Crippen LogP contribution in [0.15, 0.2) is 42.7 Å². The molecule has 1 aromatic carbocycles. The smallest absolute Gasteiger partial charge is 0.250 e. The predicted octanol–water partition coefficient (Wildman–Crippen LogP) is 3.57. The standard InChI is InChI=1S/C20H21N5O2/c1-3-27-15-7-5-14(6-8-15)23-19-18-16(11-13(2)12-17(18)26)25(24-19)20-21-9-4-10-22-20/h4-10,13H,3,11-12H2,1-2H3,(H,23,24). The fourth-order valence-electron chi connectivity index (χ4n) is 3.35. The second kappa shape index (κ2) is 7.19. The lowest BCUT2D eigenvalue weighted by atomic mass is 9.88. The number of rotatable bonds is 5. The lowest BCUT2D eigenvalue weighted by molar-refractivity contribution is 0.0953. The monoisotopic (exact) mass is 363 g/mol. The Morgan fingerprint density at radius 1 is 1.19 bits per heavy atom. The second-order valence-corrected chi connectivity index (χ2v) is 6.65. The van der Waals surface area contributed by atoms with E-state index < -0.39 is 0 Å². The fourth-order valence-corrected chi connectivity index (χ4v) is 3.35. The highest BCUT2D eigenvalue weighted by Gasteiger charge is 2.31. The van der Waals surface area contributed by atoms with Crippen molar-refractivity contribution in [2.24, 2.45) is 5.92 Å². The molecule has 0 amide bonds. The van der Waals surface area contributed by atoms with Gasteiger partial charge in [-0.1, -0.05) is 6.92 Å². The van der Waals surface area contributed by atoms with Gasteiger partial charge >= 0.3 is 0 Å². The molecule has 3 aromatic rings. The van der Waals surface area contributed by atoms with Gasteiger partial charge in [0.1, 0.15) is 5.75 Å². The van der Waals surface area contributed by atoms with Crippen LogP contribution >= 0.6 is 0 Å². The molecule has 1 aliphatic rings. The van der Waals surface area contributed by atoms with Crippen molar-refractivity contribution in [1.29, 1.82) is 0 Å². The zero-order valence-corrected chi connectivity index (χ0v) is 15.3. The highest BCUT2D eigenvalue weighted by atomic mass is 16.5. The average Bonchev–Trinajstić information content (AvgIpc) is 3.02. The van der Waals surface area contributed by atoms with Gasteiger partial charge in [0.25, 0.3) is 5.95 Å². The van der Waals surface area contributed by atoms with E-state index in [0.29, 0.717) is 30.4 Å². The number of Topliss-reactive ketones (excluding diaryl/α,β-unsaturated/α-hetero) is 1. The van der Waals surface area contributed by atoms with Crippen LogP contribution in [0.25, 0.3) is 5.95 Å². The van der Waals surface area contributed by atoms with Gasteiger partial charge in [0.05, 0.1) is 17.9 Å². The molecule has 1 atom stereocenters. The molecule has 2 aromatic heterocycles. The van der Waals surface area contributed by atoms with E-state index in [9.17, 15) is 4.79 Å². The predicted molar refractivity (Wildman–Crippen MR) is 102 cm³/mol. The fraction of sp³-hybridized carbons (Fsp3) is 0.300. The lowest BCUT2D eigenvalue weighted by Gasteiger charge is -2.18. The van der Waals surface area contributed by atoms with Gasteiger partial charge in [-0.3, -0.25) is 4.79 Å². The van der Waals surface area contributed by atoms with Crippen LogP contribution in [0.1, 0.15) is 36.3 Å². The number of carbonyl (C=O) groups excluding carboxylic acids is 1. The van der Waals surface area contributed by atoms with Crippen LogP contribution in [0.4, 0.5) is 11.5 Å². The summed E-state index contributed by atoms with van der Waals surface area (Å²) in [5.74, 6) is 2.17. The van der Waals surface area contributed by atoms with Gasteiger partial charge in [0, 0.05) is 24.5 Å². The number of nitrogens with one attached hydrogen (secondary N) is 1. The van der Waals surface area contributed by atoms with Gasteiger partial charge in [-0.2, -0.15) is 0 Å². The van der Waals surface area contributed by atoms with E-state index in [1.165, 1.54) is 0 Å². The van der Waals surface area contributed by atoms with E-state index in [1.54, 1.807) is 23.1 Å². The number of benzene rings is 1. The van der Waals surface area contributed by atoms with Crippen LogP contribution < -0.4 is 10.1 Å². The number of aromatic nitrogens is 4. The van der Waals surface area contributed by atoms with E-state index in [2.05, 4.69) is 27.3 Å². The minimum Gasteiger partial charge on any atom is -0.494 e. The molecule has 4 rings (SSSR count). The number of fused-ring (bicyclic) bond motifs is 1. The molecule has 1 aliphatic carbocycles. The van der Waals surface area contributed by atoms with Gasteiger partial charge in [-0.15, -0.1) is 5.10 Å². The van der Waals surface area contributed by atoms with Crippen LogP contribution in [-0.4, -0.2) is 32.1 Å². The number of nitrogens with zero attached hydrogens (tertiary/aromatic N) is 4. The quantitative estimate of drug-likeness (QED) is 0.746. The summed E-state index contributed by atoms with van der Waals surface area (Å²) in [4.78, 5) is 21.3. The molecule has 0 bridgehead atoms. The summed E-state index contributed by atoms with van der Waals surface area (Å²) >= 11 is 0. The SMILES string of the molecule is CCOc1ccc(Nc2nn(-c3ncccn3)c3c2C(=O)CC(C)C3)cc1. The zero-order valence-electron chi connectivity index (χ0n) is 15.3. The molecule has 0 radical (unpaired) electrons. The Labute approximate surface area is 157 Å². The molecule has 0 saturated carbocycles. The first kappa shape index (κ1) is 17.2.